The largest absolute Gasteiger partial charge is 0.346 e. The van der Waals surface area contributed by atoms with E-state index in [1.165, 1.54) is 0 Å². The maximum absolute atomic E-state index is 10.1. The van der Waals surface area contributed by atoms with Gasteiger partial charge in [-0.05, 0) is 37.9 Å². The van der Waals surface area contributed by atoms with Crippen molar-refractivity contribution in [2.45, 2.75) is 0 Å². The predicted octanol–water partition coefficient (Wildman–Crippen LogP) is 2.35. The molecule has 2 nitrogen and oxygen atoms in total. The van der Waals surface area contributed by atoms with Crippen molar-refractivity contribution in [3.05, 3.63) is 20.8 Å². The van der Waals surface area contributed by atoms with Gasteiger partial charge in [0, 0.05) is 0 Å². The second kappa shape index (κ2) is 2.66. The monoisotopic (exact) mass is 251 g/mol. The van der Waals surface area contributed by atoms with Crippen LogP contribution in [0.1, 0.15) is 10.5 Å². The molecule has 0 bridgehead atoms. The van der Waals surface area contributed by atoms with Crippen LogP contribution in [0.15, 0.2) is 15.1 Å². The lowest BCUT2D eigenvalue weighted by Crippen LogP contribution is -1.74. The van der Waals surface area contributed by atoms with Crippen molar-refractivity contribution in [2.24, 2.45) is 0 Å². The maximum atomic E-state index is 10.1. The molecular weight excluding hydrogens is 250 g/mol. The van der Waals surface area contributed by atoms with E-state index in [2.05, 4.69) is 36.8 Å². The van der Waals surface area contributed by atoms with Gasteiger partial charge in [-0.15, -0.1) is 0 Å². The third-order valence-electron chi connectivity index (χ3n) is 0.873. The summed E-state index contributed by atoms with van der Waals surface area (Å²) in [6.45, 7) is 0. The van der Waals surface area contributed by atoms with E-state index in [4.69, 9.17) is 0 Å². The van der Waals surface area contributed by atoms with E-state index in [0.717, 1.165) is 15.4 Å². The number of aromatic amines is 1. The standard InChI is InChI=1S/C5H3Br2NO/c6-4-1-3(2-9)8-5(4)7/h1-2,8H. The summed E-state index contributed by atoms with van der Waals surface area (Å²) in [5.74, 6) is 0. The van der Waals surface area contributed by atoms with Crippen LogP contribution in [0.3, 0.4) is 0 Å². The Kier molecular flexibility index (Phi) is 2.08. The van der Waals surface area contributed by atoms with Crippen LogP contribution >= 0.6 is 31.9 Å². The number of rotatable bonds is 1. The van der Waals surface area contributed by atoms with E-state index in [-0.39, 0.29) is 0 Å². The smallest absolute Gasteiger partial charge is 0.166 e. The molecule has 1 aromatic rings. The fraction of sp³-hybridized carbons (Fsp3) is 0. The maximum Gasteiger partial charge on any atom is 0.166 e. The van der Waals surface area contributed by atoms with Crippen LogP contribution in [0.5, 0.6) is 0 Å². The summed E-state index contributed by atoms with van der Waals surface area (Å²) in [7, 11) is 0. The quantitative estimate of drug-likeness (QED) is 0.765. The lowest BCUT2D eigenvalue weighted by atomic mass is 10.5. The van der Waals surface area contributed by atoms with Gasteiger partial charge in [-0.1, -0.05) is 0 Å². The second-order valence-electron chi connectivity index (χ2n) is 1.50. The van der Waals surface area contributed by atoms with Crippen molar-refractivity contribution in [3.63, 3.8) is 0 Å². The van der Waals surface area contributed by atoms with Crippen molar-refractivity contribution in [3.8, 4) is 0 Å². The van der Waals surface area contributed by atoms with Gasteiger partial charge in [-0.25, -0.2) is 0 Å². The van der Waals surface area contributed by atoms with Crippen molar-refractivity contribution in [1.82, 2.24) is 4.98 Å². The summed E-state index contributed by atoms with van der Waals surface area (Å²) in [6.07, 6.45) is 0.759. The molecule has 0 aliphatic heterocycles. The van der Waals surface area contributed by atoms with Gasteiger partial charge < -0.3 is 4.98 Å². The van der Waals surface area contributed by atoms with Gasteiger partial charge in [-0.2, -0.15) is 0 Å². The fourth-order valence-corrected chi connectivity index (χ4v) is 1.18. The number of halogens is 2. The molecule has 1 rings (SSSR count). The number of hydrogen-bond acceptors (Lipinski definition) is 1. The molecule has 48 valence electrons. The number of nitrogens with one attached hydrogen (secondary N) is 1. The predicted molar refractivity (Wildman–Crippen MR) is 41.6 cm³/mol. The van der Waals surface area contributed by atoms with Crippen LogP contribution in [0.25, 0.3) is 0 Å². The van der Waals surface area contributed by atoms with E-state index in [9.17, 15) is 4.79 Å². The summed E-state index contributed by atoms with van der Waals surface area (Å²) in [5.41, 5.74) is 0.564. The van der Waals surface area contributed by atoms with E-state index < -0.39 is 0 Å². The molecule has 0 fully saturated rings. The van der Waals surface area contributed by atoms with Gasteiger partial charge >= 0.3 is 0 Å². The molecule has 0 aliphatic carbocycles. The number of hydrogen-bond donors (Lipinski definition) is 1. The number of carbonyl (C=O) groups is 1. The molecule has 0 saturated heterocycles. The summed E-state index contributed by atoms with van der Waals surface area (Å²) < 4.78 is 1.66. The van der Waals surface area contributed by atoms with Crippen LogP contribution in [0.4, 0.5) is 0 Å². The topological polar surface area (TPSA) is 32.9 Å². The van der Waals surface area contributed by atoms with Crippen LogP contribution in [-0.2, 0) is 0 Å². The van der Waals surface area contributed by atoms with Gasteiger partial charge in [0.2, 0.25) is 0 Å². The summed E-state index contributed by atoms with van der Waals surface area (Å²) >= 11 is 6.42. The van der Waals surface area contributed by atoms with Crippen molar-refractivity contribution in [1.29, 1.82) is 0 Å². The lowest BCUT2D eigenvalue weighted by Gasteiger charge is -1.77. The molecule has 0 atom stereocenters. The van der Waals surface area contributed by atoms with Crippen molar-refractivity contribution >= 4 is 38.1 Å². The zero-order valence-electron chi connectivity index (χ0n) is 4.32. The molecule has 0 aliphatic rings. The molecule has 0 saturated carbocycles. The minimum atomic E-state index is 0.564. The molecule has 1 aromatic heterocycles. The van der Waals surface area contributed by atoms with Crippen LogP contribution < -0.4 is 0 Å². The minimum Gasteiger partial charge on any atom is -0.346 e. The summed E-state index contributed by atoms with van der Waals surface area (Å²) in [5, 5.41) is 0. The zero-order chi connectivity index (χ0) is 6.85. The third-order valence-corrected chi connectivity index (χ3v) is 2.66. The highest BCUT2D eigenvalue weighted by atomic mass is 79.9. The highest BCUT2D eigenvalue weighted by Gasteiger charge is 1.99. The molecule has 1 N–H and O–H groups in total. The van der Waals surface area contributed by atoms with Gasteiger partial charge in [0.1, 0.15) is 0 Å². The highest BCUT2D eigenvalue weighted by molar-refractivity contribution is 9.13. The van der Waals surface area contributed by atoms with Crippen LogP contribution in [0, 0.1) is 0 Å². The van der Waals surface area contributed by atoms with E-state index >= 15 is 0 Å². The number of carbonyl (C=O) groups excluding carboxylic acids is 1. The average molecular weight is 253 g/mol. The second-order valence-corrected chi connectivity index (χ2v) is 3.15. The molecule has 1 heterocycles. The number of aromatic nitrogens is 1. The van der Waals surface area contributed by atoms with Crippen LogP contribution in [0.2, 0.25) is 0 Å². The van der Waals surface area contributed by atoms with Crippen molar-refractivity contribution in [2.75, 3.05) is 0 Å². The van der Waals surface area contributed by atoms with Gasteiger partial charge in [0.15, 0.2) is 6.29 Å². The van der Waals surface area contributed by atoms with Crippen LogP contribution in [-0.4, -0.2) is 11.3 Å². The average Bonchev–Trinajstić information content (AvgIpc) is 2.13. The SMILES string of the molecule is O=Cc1cc(Br)c(Br)[nH]1. The van der Waals surface area contributed by atoms with E-state index in [0.29, 0.717) is 5.69 Å². The summed E-state index contributed by atoms with van der Waals surface area (Å²) in [4.78, 5) is 12.9. The lowest BCUT2D eigenvalue weighted by molar-refractivity contribution is 0.111. The minimum absolute atomic E-state index is 0.564. The molecule has 0 aromatic carbocycles. The highest BCUT2D eigenvalue weighted by Crippen LogP contribution is 2.21. The fourth-order valence-electron chi connectivity index (χ4n) is 0.486. The Morgan fingerprint density at radius 2 is 2.22 bits per heavy atom. The van der Waals surface area contributed by atoms with E-state index in [1.807, 2.05) is 0 Å². The Balaban J connectivity index is 3.11. The van der Waals surface area contributed by atoms with Crippen molar-refractivity contribution < 1.29 is 4.79 Å². The van der Waals surface area contributed by atoms with Gasteiger partial charge in [-0.3, -0.25) is 4.79 Å². The number of aldehydes is 1. The molecular formula is C5H3Br2NO. The van der Waals surface area contributed by atoms with E-state index in [1.54, 1.807) is 6.07 Å². The van der Waals surface area contributed by atoms with Gasteiger partial charge in [0.05, 0.1) is 14.8 Å². The first kappa shape index (κ1) is 7.02. The zero-order valence-corrected chi connectivity index (χ0v) is 7.49. The summed E-state index contributed by atoms with van der Waals surface area (Å²) in [6, 6.07) is 1.71. The molecule has 0 spiro atoms. The molecule has 4 heteroatoms. The Labute approximate surface area is 68.9 Å². The Morgan fingerprint density at radius 3 is 2.44 bits per heavy atom. The number of H-pyrrole nitrogens is 1. The molecule has 0 amide bonds. The third kappa shape index (κ3) is 1.43. The Bertz CT molecular complexity index is 211. The normalized spacial score (nSPS) is 9.56. The Hall–Kier alpha value is -0.0900. The molecule has 0 radical (unpaired) electrons. The first-order chi connectivity index (χ1) is 4.24. The van der Waals surface area contributed by atoms with Gasteiger partial charge in [0.25, 0.3) is 0 Å². The first-order valence-corrected chi connectivity index (χ1v) is 3.82. The molecule has 9 heavy (non-hydrogen) atoms. The Morgan fingerprint density at radius 1 is 1.56 bits per heavy atom. The molecule has 0 unspecified atom stereocenters. The first-order valence-electron chi connectivity index (χ1n) is 2.23.